The van der Waals surface area contributed by atoms with Crippen LogP contribution in [0.15, 0.2) is 164 Å². The third-order valence-electron chi connectivity index (χ3n) is 8.91. The fourth-order valence-corrected chi connectivity index (χ4v) is 6.93. The molecule has 3 nitrogen and oxygen atoms in total. The van der Waals surface area contributed by atoms with Gasteiger partial charge in [0.1, 0.15) is 11.5 Å². The summed E-state index contributed by atoms with van der Waals surface area (Å²) in [5.74, 6) is 0.863. The van der Waals surface area contributed by atoms with E-state index >= 15 is 0 Å². The lowest BCUT2D eigenvalue weighted by Gasteiger charge is -2.18. The molecule has 0 saturated carbocycles. The highest BCUT2D eigenvalue weighted by atomic mass is 15.1. The summed E-state index contributed by atoms with van der Waals surface area (Å²) in [4.78, 5) is 9.46. The predicted molar refractivity (Wildman–Crippen MR) is 188 cm³/mol. The van der Waals surface area contributed by atoms with Crippen LogP contribution in [-0.2, 0) is 0 Å². The van der Waals surface area contributed by atoms with Crippen molar-refractivity contribution in [2.75, 3.05) is 0 Å². The smallest absolute Gasteiger partial charge is 0.146 e. The summed E-state index contributed by atoms with van der Waals surface area (Å²) >= 11 is 0. The molecule has 6 aromatic carbocycles. The van der Waals surface area contributed by atoms with Crippen molar-refractivity contribution in [2.45, 2.75) is 0 Å². The van der Waals surface area contributed by atoms with Crippen molar-refractivity contribution in [1.29, 1.82) is 0 Å². The molecule has 0 aliphatic rings. The highest BCUT2D eigenvalue weighted by Crippen LogP contribution is 2.45. The lowest BCUT2D eigenvalue weighted by molar-refractivity contribution is 1.06. The molecule has 0 saturated heterocycles. The van der Waals surface area contributed by atoms with Crippen molar-refractivity contribution in [2.24, 2.45) is 0 Å². The minimum absolute atomic E-state index is 0.863. The van der Waals surface area contributed by atoms with Gasteiger partial charge in [-0.2, -0.15) is 0 Å². The molecule has 0 spiro atoms. The first kappa shape index (κ1) is 25.4. The largest absolute Gasteiger partial charge is 0.278 e. The normalized spacial score (nSPS) is 11.6. The molecule has 3 aromatic heterocycles. The average Bonchev–Trinajstić information content (AvgIpc) is 3.45. The predicted octanol–water partition coefficient (Wildman–Crippen LogP) is 10.9. The molecule has 0 amide bonds. The lowest BCUT2D eigenvalue weighted by atomic mass is 9.85. The van der Waals surface area contributed by atoms with Gasteiger partial charge in [0.05, 0.1) is 5.52 Å². The Balaban J connectivity index is 1.30. The Kier molecular flexibility index (Phi) is 5.82. The molecule has 9 aromatic rings. The molecular weight excluding hydrogens is 546 g/mol. The third kappa shape index (κ3) is 4.05. The molecule has 210 valence electrons. The van der Waals surface area contributed by atoms with Gasteiger partial charge in [0.15, 0.2) is 0 Å². The first-order valence-electron chi connectivity index (χ1n) is 15.3. The monoisotopic (exact) mass is 573 g/mol. The fourth-order valence-electron chi connectivity index (χ4n) is 6.93. The van der Waals surface area contributed by atoms with Crippen molar-refractivity contribution < 1.29 is 0 Å². The van der Waals surface area contributed by atoms with E-state index in [-0.39, 0.29) is 0 Å². The van der Waals surface area contributed by atoms with Gasteiger partial charge in [-0.1, -0.05) is 115 Å². The van der Waals surface area contributed by atoms with E-state index in [1.165, 1.54) is 54.9 Å². The first-order valence-corrected chi connectivity index (χ1v) is 15.3. The summed E-state index contributed by atoms with van der Waals surface area (Å²) in [7, 11) is 0. The Bertz CT molecular complexity index is 2450. The number of hydrogen-bond acceptors (Lipinski definition) is 2. The molecule has 0 unspecified atom stereocenters. The van der Waals surface area contributed by atoms with Crippen LogP contribution in [0.4, 0.5) is 0 Å². The van der Waals surface area contributed by atoms with Gasteiger partial charge in [0, 0.05) is 23.2 Å². The van der Waals surface area contributed by atoms with E-state index in [0.29, 0.717) is 0 Å². The number of benzene rings is 6. The average molecular weight is 574 g/mol. The van der Waals surface area contributed by atoms with Gasteiger partial charge in [0.2, 0.25) is 0 Å². The second kappa shape index (κ2) is 10.3. The van der Waals surface area contributed by atoms with E-state index in [0.717, 1.165) is 27.8 Å². The van der Waals surface area contributed by atoms with E-state index in [9.17, 15) is 0 Å². The van der Waals surface area contributed by atoms with Crippen molar-refractivity contribution in [3.63, 3.8) is 0 Å². The van der Waals surface area contributed by atoms with Crippen LogP contribution in [0.3, 0.4) is 0 Å². The maximum absolute atomic E-state index is 4.79. The number of hydrogen-bond donors (Lipinski definition) is 0. The zero-order valence-corrected chi connectivity index (χ0v) is 24.4. The van der Waals surface area contributed by atoms with Gasteiger partial charge in [0.25, 0.3) is 0 Å². The molecule has 0 aliphatic heterocycles. The van der Waals surface area contributed by atoms with Gasteiger partial charge in [-0.25, -0.2) is 9.97 Å². The summed E-state index contributed by atoms with van der Waals surface area (Å²) in [6.45, 7) is 0. The van der Waals surface area contributed by atoms with Crippen molar-refractivity contribution >= 4 is 43.5 Å². The second-order valence-corrected chi connectivity index (χ2v) is 11.4. The second-order valence-electron chi connectivity index (χ2n) is 11.4. The Labute approximate surface area is 260 Å². The molecule has 0 aliphatic carbocycles. The Morgan fingerprint density at radius 3 is 1.56 bits per heavy atom. The number of rotatable bonds is 4. The van der Waals surface area contributed by atoms with Gasteiger partial charge < -0.3 is 0 Å². The zero-order valence-electron chi connectivity index (χ0n) is 24.4. The molecular formula is C42H27N3. The van der Waals surface area contributed by atoms with Crippen molar-refractivity contribution in [3.8, 4) is 39.2 Å². The van der Waals surface area contributed by atoms with Crippen molar-refractivity contribution in [3.05, 3.63) is 164 Å². The molecule has 45 heavy (non-hydrogen) atoms. The van der Waals surface area contributed by atoms with Crippen LogP contribution in [0.1, 0.15) is 0 Å². The highest BCUT2D eigenvalue weighted by molar-refractivity contribution is 6.22. The summed E-state index contributed by atoms with van der Waals surface area (Å²) in [6, 6.07) is 54.2. The molecule has 0 bridgehead atoms. The van der Waals surface area contributed by atoms with Gasteiger partial charge in [-0.15, -0.1) is 0 Å². The van der Waals surface area contributed by atoms with Gasteiger partial charge in [-0.05, 0) is 91.3 Å². The fraction of sp³-hybridized carbons (Fsp3) is 0. The minimum Gasteiger partial charge on any atom is -0.278 e. The van der Waals surface area contributed by atoms with Crippen LogP contribution in [0.25, 0.3) is 82.7 Å². The Hall–Kier alpha value is -6.06. The maximum Gasteiger partial charge on any atom is 0.146 e. The molecule has 3 heteroatoms. The summed E-state index contributed by atoms with van der Waals surface area (Å²) in [6.07, 6.45) is 3.69. The maximum atomic E-state index is 4.79. The van der Waals surface area contributed by atoms with E-state index in [2.05, 4.69) is 137 Å². The summed E-state index contributed by atoms with van der Waals surface area (Å²) in [5.41, 5.74) is 9.36. The van der Waals surface area contributed by atoms with E-state index < -0.39 is 0 Å². The first-order chi connectivity index (χ1) is 22.3. The van der Waals surface area contributed by atoms with Crippen LogP contribution >= 0.6 is 0 Å². The molecule has 0 atom stereocenters. The number of fused-ring (bicyclic) bond motifs is 5. The van der Waals surface area contributed by atoms with E-state index in [4.69, 9.17) is 4.98 Å². The third-order valence-corrected chi connectivity index (χ3v) is 8.91. The van der Waals surface area contributed by atoms with Crippen LogP contribution in [0.5, 0.6) is 0 Å². The molecule has 0 radical (unpaired) electrons. The number of pyridine rings is 2. The summed E-state index contributed by atoms with van der Waals surface area (Å²) in [5, 5.41) is 7.25. The van der Waals surface area contributed by atoms with E-state index in [1.54, 1.807) is 0 Å². The summed E-state index contributed by atoms with van der Waals surface area (Å²) < 4.78 is 2.16. The Morgan fingerprint density at radius 1 is 0.356 bits per heavy atom. The van der Waals surface area contributed by atoms with Crippen LogP contribution in [0.2, 0.25) is 0 Å². The lowest BCUT2D eigenvalue weighted by Crippen LogP contribution is -1.97. The number of nitrogens with zero attached hydrogens (tertiary/aromatic N) is 3. The molecule has 3 heterocycles. The zero-order chi connectivity index (χ0) is 29.7. The van der Waals surface area contributed by atoms with Gasteiger partial charge in [-0.3, -0.25) is 4.57 Å². The molecule has 0 N–H and O–H groups in total. The van der Waals surface area contributed by atoms with Crippen LogP contribution < -0.4 is 0 Å². The standard InChI is InChI=1S/C42H27N3/c1-2-11-28(12-3-1)29-19-21-30(22-20-29)40-32-13-4-6-15-34(32)41(35-16-7-5-14-33(35)40)31-23-24-38-37(27-31)36-17-10-26-44-42(36)45(38)39-18-8-9-25-43-39/h1-27H. The molecule has 9 rings (SSSR count). The van der Waals surface area contributed by atoms with Crippen molar-refractivity contribution in [1.82, 2.24) is 14.5 Å². The van der Waals surface area contributed by atoms with Crippen LogP contribution in [0, 0.1) is 0 Å². The van der Waals surface area contributed by atoms with Crippen LogP contribution in [-0.4, -0.2) is 14.5 Å². The quantitative estimate of drug-likeness (QED) is 0.196. The SMILES string of the molecule is c1ccc(-c2ccc(-c3c4ccccc4c(-c4ccc5c(c4)c4cccnc4n5-c4ccccn4)c4ccccc34)cc2)cc1. The van der Waals surface area contributed by atoms with Gasteiger partial charge >= 0.3 is 0 Å². The highest BCUT2D eigenvalue weighted by Gasteiger charge is 2.19. The minimum atomic E-state index is 0.863. The topological polar surface area (TPSA) is 30.7 Å². The van der Waals surface area contributed by atoms with E-state index in [1.807, 2.05) is 36.7 Å². The Morgan fingerprint density at radius 2 is 0.889 bits per heavy atom. The number of aromatic nitrogens is 3. The molecule has 0 fully saturated rings.